The van der Waals surface area contributed by atoms with Crippen LogP contribution in [-0.4, -0.2) is 34.9 Å². The number of carbonyl (C=O) groups excluding carboxylic acids is 1. The van der Waals surface area contributed by atoms with E-state index < -0.39 is 11.8 Å². The second kappa shape index (κ2) is 6.48. The number of anilines is 1. The van der Waals surface area contributed by atoms with E-state index >= 15 is 0 Å². The number of nitrogens with zero attached hydrogens (tertiary/aromatic N) is 2. The molecule has 1 amide bonds. The smallest absolute Gasteiger partial charge is 0.321 e. The van der Waals surface area contributed by atoms with Gasteiger partial charge >= 0.3 is 5.92 Å². The molecule has 2 aromatic rings. The summed E-state index contributed by atoms with van der Waals surface area (Å²) in [7, 11) is 0. The minimum Gasteiger partial charge on any atom is -0.422 e. The highest BCUT2D eigenvalue weighted by molar-refractivity contribution is 6.38. The minimum absolute atomic E-state index is 0.240. The van der Waals surface area contributed by atoms with E-state index in [1.807, 2.05) is 0 Å². The van der Waals surface area contributed by atoms with Crippen molar-refractivity contribution in [3.8, 4) is 0 Å². The Morgan fingerprint density at radius 1 is 1.41 bits per heavy atom. The zero-order valence-electron chi connectivity index (χ0n) is 14.7. The molecule has 2 fully saturated rings. The normalized spacial score (nSPS) is 22.1. The van der Waals surface area contributed by atoms with Crippen LogP contribution in [0.25, 0.3) is 11.1 Å². The lowest BCUT2D eigenvalue weighted by atomic mass is 9.69. The molecule has 2 heterocycles. The van der Waals surface area contributed by atoms with Crippen molar-refractivity contribution < 1.29 is 18.0 Å². The fourth-order valence-electron chi connectivity index (χ4n) is 4.05. The van der Waals surface area contributed by atoms with Crippen LogP contribution in [0.15, 0.2) is 16.5 Å². The van der Waals surface area contributed by atoms with Gasteiger partial charge in [-0.25, -0.2) is 0 Å². The molecule has 0 radical (unpaired) electrons. The van der Waals surface area contributed by atoms with Crippen molar-refractivity contribution in [2.75, 3.05) is 11.4 Å². The number of rotatable bonds is 3. The summed E-state index contributed by atoms with van der Waals surface area (Å²) < 4.78 is 32.3. The SMILES string of the molecule is CC(F)(F)C(=O)NC1CCN(c2nc3cc(Cl)cc(Cl)c3o2)C2(CCC2)C1. The number of halogens is 4. The molecule has 9 heteroatoms. The highest BCUT2D eigenvalue weighted by Gasteiger charge is 2.49. The minimum atomic E-state index is -3.37. The maximum absolute atomic E-state index is 13.2. The van der Waals surface area contributed by atoms with E-state index in [2.05, 4.69) is 15.2 Å². The number of nitrogens with one attached hydrogen (secondary N) is 1. The van der Waals surface area contributed by atoms with E-state index in [1.54, 1.807) is 12.1 Å². The number of fused-ring (bicyclic) bond motifs is 1. The Labute approximate surface area is 165 Å². The Hall–Kier alpha value is -1.60. The quantitative estimate of drug-likeness (QED) is 0.778. The van der Waals surface area contributed by atoms with Crippen LogP contribution in [0.1, 0.15) is 39.0 Å². The summed E-state index contributed by atoms with van der Waals surface area (Å²) in [6.45, 7) is 1.17. The van der Waals surface area contributed by atoms with E-state index in [-0.39, 0.29) is 11.6 Å². The van der Waals surface area contributed by atoms with Crippen molar-refractivity contribution in [3.05, 3.63) is 22.2 Å². The first kappa shape index (κ1) is 18.7. The van der Waals surface area contributed by atoms with Gasteiger partial charge in [0.05, 0.1) is 5.02 Å². The molecule has 1 aliphatic heterocycles. The van der Waals surface area contributed by atoms with Gasteiger partial charge < -0.3 is 14.6 Å². The van der Waals surface area contributed by atoms with Crippen LogP contribution in [0.3, 0.4) is 0 Å². The Balaban J connectivity index is 1.58. The van der Waals surface area contributed by atoms with E-state index in [4.69, 9.17) is 27.6 Å². The van der Waals surface area contributed by atoms with Crippen LogP contribution in [-0.2, 0) is 4.79 Å². The molecule has 1 saturated heterocycles. The molecule has 1 unspecified atom stereocenters. The van der Waals surface area contributed by atoms with Crippen molar-refractivity contribution >= 4 is 46.2 Å². The molecule has 1 aliphatic carbocycles. The summed E-state index contributed by atoms with van der Waals surface area (Å²) in [5.74, 6) is -4.60. The molecular weight excluding hydrogens is 399 g/mol. The van der Waals surface area contributed by atoms with Crippen LogP contribution in [0.4, 0.5) is 14.8 Å². The number of aromatic nitrogens is 1. The molecule has 1 spiro atoms. The van der Waals surface area contributed by atoms with Crippen LogP contribution < -0.4 is 10.2 Å². The number of oxazole rings is 1. The lowest BCUT2D eigenvalue weighted by Crippen LogP contribution is -2.62. The van der Waals surface area contributed by atoms with Gasteiger partial charge in [0.15, 0.2) is 5.58 Å². The number of hydrogen-bond acceptors (Lipinski definition) is 4. The number of benzene rings is 1. The Morgan fingerprint density at radius 3 is 2.78 bits per heavy atom. The van der Waals surface area contributed by atoms with Gasteiger partial charge in [0.1, 0.15) is 5.52 Å². The largest absolute Gasteiger partial charge is 0.422 e. The first-order valence-corrected chi connectivity index (χ1v) is 9.66. The summed E-state index contributed by atoms with van der Waals surface area (Å²) >= 11 is 12.2. The lowest BCUT2D eigenvalue weighted by Gasteiger charge is -2.54. The monoisotopic (exact) mass is 417 g/mol. The molecule has 1 N–H and O–H groups in total. The van der Waals surface area contributed by atoms with E-state index in [1.165, 1.54) is 0 Å². The summed E-state index contributed by atoms with van der Waals surface area (Å²) in [4.78, 5) is 18.3. The van der Waals surface area contributed by atoms with Crippen LogP contribution in [0, 0.1) is 0 Å². The first-order chi connectivity index (χ1) is 12.7. The van der Waals surface area contributed by atoms with Gasteiger partial charge in [0, 0.05) is 30.1 Å². The van der Waals surface area contributed by atoms with Gasteiger partial charge in [0.2, 0.25) is 0 Å². The third-order valence-electron chi connectivity index (χ3n) is 5.55. The van der Waals surface area contributed by atoms with Crippen molar-refractivity contribution in [1.82, 2.24) is 10.3 Å². The van der Waals surface area contributed by atoms with E-state index in [9.17, 15) is 13.6 Å². The molecule has 0 bridgehead atoms. The summed E-state index contributed by atoms with van der Waals surface area (Å²) in [5.41, 5.74) is 0.820. The molecule has 1 atom stereocenters. The molecule has 146 valence electrons. The fraction of sp³-hybridized carbons (Fsp3) is 0.556. The van der Waals surface area contributed by atoms with Gasteiger partial charge in [-0.05, 0) is 44.2 Å². The molecule has 1 aromatic carbocycles. The van der Waals surface area contributed by atoms with Gasteiger partial charge in [0.25, 0.3) is 11.9 Å². The van der Waals surface area contributed by atoms with E-state index in [0.717, 1.165) is 19.3 Å². The van der Waals surface area contributed by atoms with Crippen LogP contribution >= 0.6 is 23.2 Å². The molecule has 4 rings (SSSR count). The lowest BCUT2D eigenvalue weighted by molar-refractivity contribution is -0.144. The zero-order chi connectivity index (χ0) is 19.4. The summed E-state index contributed by atoms with van der Waals surface area (Å²) in [5, 5.41) is 3.37. The Kier molecular flexibility index (Phi) is 4.50. The molecule has 2 aliphatic rings. The van der Waals surface area contributed by atoms with Gasteiger partial charge in [-0.2, -0.15) is 13.8 Å². The number of amides is 1. The van der Waals surface area contributed by atoms with Gasteiger partial charge in [-0.3, -0.25) is 4.79 Å². The number of alkyl halides is 2. The average Bonchev–Trinajstić information content (AvgIpc) is 2.96. The van der Waals surface area contributed by atoms with Crippen LogP contribution in [0.2, 0.25) is 10.0 Å². The highest BCUT2D eigenvalue weighted by Crippen LogP contribution is 2.47. The third-order valence-corrected chi connectivity index (χ3v) is 6.05. The first-order valence-electron chi connectivity index (χ1n) is 8.90. The topological polar surface area (TPSA) is 58.4 Å². The third kappa shape index (κ3) is 3.36. The van der Waals surface area contributed by atoms with E-state index in [0.29, 0.717) is 53.5 Å². The molecule has 1 aromatic heterocycles. The van der Waals surface area contributed by atoms with Gasteiger partial charge in [-0.15, -0.1) is 0 Å². The zero-order valence-corrected chi connectivity index (χ0v) is 16.2. The van der Waals surface area contributed by atoms with Crippen LogP contribution in [0.5, 0.6) is 0 Å². The van der Waals surface area contributed by atoms with Gasteiger partial charge in [-0.1, -0.05) is 23.2 Å². The van der Waals surface area contributed by atoms with Crippen molar-refractivity contribution in [2.45, 2.75) is 56.5 Å². The van der Waals surface area contributed by atoms with Crippen molar-refractivity contribution in [2.24, 2.45) is 0 Å². The Morgan fingerprint density at radius 2 is 2.15 bits per heavy atom. The molecule has 27 heavy (non-hydrogen) atoms. The average molecular weight is 418 g/mol. The number of piperidine rings is 1. The second-order valence-corrected chi connectivity index (χ2v) is 8.36. The molecule has 5 nitrogen and oxygen atoms in total. The maximum Gasteiger partial charge on any atom is 0.321 e. The maximum atomic E-state index is 13.2. The highest BCUT2D eigenvalue weighted by atomic mass is 35.5. The standard InChI is InChI=1S/C18H19Cl2F2N3O2/c1-17(21,22)15(26)23-11-3-6-25(18(9-11)4-2-5-18)16-24-13-8-10(19)7-12(20)14(13)27-16/h7-8,11H,2-6,9H2,1H3,(H,23,26). The molecule has 1 saturated carbocycles. The second-order valence-electron chi connectivity index (χ2n) is 7.51. The predicted octanol–water partition coefficient (Wildman–Crippen LogP) is 4.80. The summed E-state index contributed by atoms with van der Waals surface area (Å²) in [6.07, 6.45) is 3.96. The summed E-state index contributed by atoms with van der Waals surface area (Å²) in [6, 6.07) is 3.47. The Bertz CT molecular complexity index is 893. The predicted molar refractivity (Wildman–Crippen MR) is 99.7 cm³/mol. The fourth-order valence-corrected chi connectivity index (χ4v) is 4.57. The van der Waals surface area contributed by atoms with Crippen molar-refractivity contribution in [3.63, 3.8) is 0 Å². The number of hydrogen-bond donors (Lipinski definition) is 1. The number of carbonyl (C=O) groups is 1. The molecular formula is C18H19Cl2F2N3O2. The van der Waals surface area contributed by atoms with Crippen molar-refractivity contribution in [1.29, 1.82) is 0 Å².